The lowest BCUT2D eigenvalue weighted by Gasteiger charge is -2.10. The molecule has 1 N–H and O–H groups in total. The Bertz CT molecular complexity index is 1030. The molecule has 0 aliphatic carbocycles. The van der Waals surface area contributed by atoms with Crippen molar-refractivity contribution in [1.29, 1.82) is 0 Å². The van der Waals surface area contributed by atoms with Crippen molar-refractivity contribution in [2.75, 3.05) is 14.2 Å². The molecule has 0 saturated carbocycles. The Labute approximate surface area is 157 Å². The van der Waals surface area contributed by atoms with Gasteiger partial charge in [-0.25, -0.2) is 4.99 Å². The number of benzene rings is 2. The van der Waals surface area contributed by atoms with Gasteiger partial charge in [-0.1, -0.05) is 18.2 Å². The van der Waals surface area contributed by atoms with E-state index in [1.165, 1.54) is 0 Å². The number of nitrogens with one attached hydrogen (secondary N) is 1. The summed E-state index contributed by atoms with van der Waals surface area (Å²) in [5, 5.41) is 4.61. The minimum absolute atomic E-state index is 0.627. The first-order valence-electron chi connectivity index (χ1n) is 8.44. The lowest BCUT2D eigenvalue weighted by molar-refractivity contribution is 0.355. The molecule has 3 aromatic rings. The van der Waals surface area contributed by atoms with Crippen molar-refractivity contribution in [2.24, 2.45) is 10.1 Å². The molecule has 0 bridgehead atoms. The summed E-state index contributed by atoms with van der Waals surface area (Å²) < 4.78 is 10.7. The SMILES string of the molecule is COc1ccc(C2=Nc3ccccc3C(c3cccnc3)=NN2)cc1OC. The summed E-state index contributed by atoms with van der Waals surface area (Å²) in [6.07, 6.45) is 3.53. The quantitative estimate of drug-likeness (QED) is 0.775. The van der Waals surface area contributed by atoms with E-state index in [-0.39, 0.29) is 0 Å². The van der Waals surface area contributed by atoms with Crippen LogP contribution in [0, 0.1) is 0 Å². The summed E-state index contributed by atoms with van der Waals surface area (Å²) in [5.74, 6) is 1.92. The topological polar surface area (TPSA) is 68.1 Å². The van der Waals surface area contributed by atoms with Gasteiger partial charge in [0, 0.05) is 29.1 Å². The molecule has 6 nitrogen and oxygen atoms in total. The molecule has 0 unspecified atom stereocenters. The fraction of sp³-hybridized carbons (Fsp3) is 0.0952. The maximum absolute atomic E-state index is 5.41. The van der Waals surface area contributed by atoms with Crippen molar-refractivity contribution in [2.45, 2.75) is 0 Å². The van der Waals surface area contributed by atoms with Gasteiger partial charge in [-0.15, -0.1) is 0 Å². The van der Waals surface area contributed by atoms with Gasteiger partial charge in [-0.3, -0.25) is 10.4 Å². The van der Waals surface area contributed by atoms with Crippen molar-refractivity contribution in [3.05, 3.63) is 83.7 Å². The maximum atomic E-state index is 5.41. The number of nitrogens with zero attached hydrogens (tertiary/aromatic N) is 3. The number of hydrazone groups is 1. The van der Waals surface area contributed by atoms with Gasteiger partial charge in [0.15, 0.2) is 17.3 Å². The fourth-order valence-corrected chi connectivity index (χ4v) is 2.92. The predicted octanol–water partition coefficient (Wildman–Crippen LogP) is 3.53. The third-order valence-electron chi connectivity index (χ3n) is 4.26. The Morgan fingerprint density at radius 2 is 1.70 bits per heavy atom. The van der Waals surface area contributed by atoms with Crippen LogP contribution in [-0.2, 0) is 0 Å². The number of hydrogen-bond acceptors (Lipinski definition) is 6. The van der Waals surface area contributed by atoms with Crippen LogP contribution in [-0.4, -0.2) is 30.8 Å². The normalized spacial score (nSPS) is 12.8. The zero-order valence-electron chi connectivity index (χ0n) is 15.0. The molecule has 1 aromatic heterocycles. The van der Waals surface area contributed by atoms with Crippen LogP contribution in [0.25, 0.3) is 0 Å². The molecule has 2 heterocycles. The second kappa shape index (κ2) is 7.29. The molecule has 134 valence electrons. The number of methoxy groups -OCH3 is 2. The van der Waals surface area contributed by atoms with Gasteiger partial charge < -0.3 is 9.47 Å². The van der Waals surface area contributed by atoms with Crippen molar-refractivity contribution in [3.8, 4) is 11.5 Å². The molecule has 4 rings (SSSR count). The number of pyridine rings is 1. The number of aliphatic imine (C=N–C) groups is 1. The van der Waals surface area contributed by atoms with Crippen LogP contribution in [0.1, 0.15) is 16.7 Å². The van der Waals surface area contributed by atoms with Gasteiger partial charge in [-0.2, -0.15) is 5.10 Å². The summed E-state index contributed by atoms with van der Waals surface area (Å²) in [5.41, 5.74) is 7.42. The summed E-state index contributed by atoms with van der Waals surface area (Å²) in [4.78, 5) is 9.00. The third kappa shape index (κ3) is 3.25. The van der Waals surface area contributed by atoms with Crippen molar-refractivity contribution in [3.63, 3.8) is 0 Å². The molecule has 0 saturated heterocycles. The first kappa shape index (κ1) is 16.8. The third-order valence-corrected chi connectivity index (χ3v) is 4.26. The smallest absolute Gasteiger partial charge is 0.161 e. The molecule has 1 aliphatic heterocycles. The summed E-state index contributed by atoms with van der Waals surface area (Å²) in [6.45, 7) is 0. The molecular formula is C21H18N4O2. The van der Waals surface area contributed by atoms with Gasteiger partial charge >= 0.3 is 0 Å². The van der Waals surface area contributed by atoms with Gasteiger partial charge in [-0.05, 0) is 36.4 Å². The van der Waals surface area contributed by atoms with Gasteiger partial charge in [0.2, 0.25) is 0 Å². The average Bonchev–Trinajstić information content (AvgIpc) is 2.93. The molecule has 0 radical (unpaired) electrons. The standard InChI is InChI=1S/C21H18N4O2/c1-26-18-10-9-14(12-19(18)27-2)21-23-17-8-4-3-7-16(17)20(24-25-21)15-6-5-11-22-13-15/h3-13H,1-2H3,(H,23,25). The second-order valence-corrected chi connectivity index (χ2v) is 5.86. The van der Waals surface area contributed by atoms with E-state index >= 15 is 0 Å². The van der Waals surface area contributed by atoms with Crippen molar-refractivity contribution >= 4 is 17.2 Å². The predicted molar refractivity (Wildman–Crippen MR) is 105 cm³/mol. The molecule has 0 spiro atoms. The van der Waals surface area contributed by atoms with Crippen LogP contribution < -0.4 is 14.9 Å². The highest BCUT2D eigenvalue weighted by Gasteiger charge is 2.17. The second-order valence-electron chi connectivity index (χ2n) is 5.86. The van der Waals surface area contributed by atoms with E-state index in [0.29, 0.717) is 17.3 Å². The highest BCUT2D eigenvalue weighted by atomic mass is 16.5. The number of fused-ring (bicyclic) bond motifs is 1. The van der Waals surface area contributed by atoms with E-state index in [4.69, 9.17) is 14.5 Å². The van der Waals surface area contributed by atoms with Gasteiger partial charge in [0.05, 0.1) is 19.9 Å². The van der Waals surface area contributed by atoms with Crippen LogP contribution in [0.4, 0.5) is 5.69 Å². The summed E-state index contributed by atoms with van der Waals surface area (Å²) in [6, 6.07) is 17.4. The van der Waals surface area contributed by atoms with E-state index in [9.17, 15) is 0 Å². The van der Waals surface area contributed by atoms with Crippen LogP contribution in [0.15, 0.2) is 77.1 Å². The van der Waals surface area contributed by atoms with E-state index in [1.807, 2.05) is 54.6 Å². The first-order valence-corrected chi connectivity index (χ1v) is 8.44. The molecule has 0 fully saturated rings. The minimum Gasteiger partial charge on any atom is -0.493 e. The van der Waals surface area contributed by atoms with Crippen LogP contribution in [0.3, 0.4) is 0 Å². The van der Waals surface area contributed by atoms with Crippen molar-refractivity contribution in [1.82, 2.24) is 10.4 Å². The zero-order valence-corrected chi connectivity index (χ0v) is 15.0. The maximum Gasteiger partial charge on any atom is 0.161 e. The molecule has 2 aromatic carbocycles. The molecule has 0 amide bonds. The number of hydrogen-bond donors (Lipinski definition) is 1. The molecule has 1 aliphatic rings. The Morgan fingerprint density at radius 1 is 0.852 bits per heavy atom. The Kier molecular flexibility index (Phi) is 4.53. The first-order chi connectivity index (χ1) is 13.3. The number of rotatable bonds is 4. The largest absolute Gasteiger partial charge is 0.493 e. The monoisotopic (exact) mass is 358 g/mol. The molecule has 0 atom stereocenters. The van der Waals surface area contributed by atoms with Gasteiger partial charge in [0.25, 0.3) is 0 Å². The Balaban J connectivity index is 1.82. The van der Waals surface area contributed by atoms with E-state index in [2.05, 4.69) is 15.5 Å². The van der Waals surface area contributed by atoms with E-state index in [1.54, 1.807) is 26.6 Å². The van der Waals surface area contributed by atoms with E-state index in [0.717, 1.165) is 28.1 Å². The van der Waals surface area contributed by atoms with Crippen molar-refractivity contribution < 1.29 is 9.47 Å². The fourth-order valence-electron chi connectivity index (χ4n) is 2.92. The summed E-state index contributed by atoms with van der Waals surface area (Å²) >= 11 is 0. The lowest BCUT2D eigenvalue weighted by atomic mass is 10.0. The number of ether oxygens (including phenoxy) is 2. The molecule has 27 heavy (non-hydrogen) atoms. The van der Waals surface area contributed by atoms with Crippen LogP contribution in [0.5, 0.6) is 11.5 Å². The lowest BCUT2D eigenvalue weighted by Crippen LogP contribution is -2.19. The highest BCUT2D eigenvalue weighted by Crippen LogP contribution is 2.29. The zero-order chi connectivity index (χ0) is 18.6. The van der Waals surface area contributed by atoms with E-state index < -0.39 is 0 Å². The average molecular weight is 358 g/mol. The highest BCUT2D eigenvalue weighted by molar-refractivity contribution is 6.17. The molecule has 6 heteroatoms. The number of amidine groups is 1. The summed E-state index contributed by atoms with van der Waals surface area (Å²) in [7, 11) is 3.22. The number of aromatic nitrogens is 1. The minimum atomic E-state index is 0.627. The molecular weight excluding hydrogens is 340 g/mol. The Hall–Kier alpha value is -3.67. The number of para-hydroxylation sites is 1. The van der Waals surface area contributed by atoms with Crippen LogP contribution >= 0.6 is 0 Å². The Morgan fingerprint density at radius 3 is 2.48 bits per heavy atom. The van der Waals surface area contributed by atoms with Gasteiger partial charge in [0.1, 0.15) is 5.71 Å². The van der Waals surface area contributed by atoms with Crippen LogP contribution in [0.2, 0.25) is 0 Å².